The molecule has 1 heterocycles. The van der Waals surface area contributed by atoms with Gasteiger partial charge in [0.15, 0.2) is 0 Å². The highest BCUT2D eigenvalue weighted by molar-refractivity contribution is 5.73. The van der Waals surface area contributed by atoms with E-state index in [2.05, 4.69) is 4.90 Å². The van der Waals surface area contributed by atoms with Crippen molar-refractivity contribution < 1.29 is 19.4 Å². The van der Waals surface area contributed by atoms with Gasteiger partial charge in [0.2, 0.25) is 0 Å². The molecule has 0 radical (unpaired) electrons. The van der Waals surface area contributed by atoms with Crippen LogP contribution in [0.2, 0.25) is 0 Å². The third-order valence-corrected chi connectivity index (χ3v) is 4.19. The van der Waals surface area contributed by atoms with Gasteiger partial charge in [-0.05, 0) is 31.4 Å². The molecule has 1 atom stereocenters. The second kappa shape index (κ2) is 7.97. The van der Waals surface area contributed by atoms with Crippen LogP contribution in [0.1, 0.15) is 37.8 Å². The van der Waals surface area contributed by atoms with E-state index in [1.54, 1.807) is 0 Å². The standard InChI is InChI=1S/C17H24N2O4/c1-2-23-17(22)12-7-9-19(10-8-12)15-6-4-3-5-13(15)14(18)11-16(20)21/h3-6,12,14H,2,7-11,18H2,1H3,(H,20,21). The molecule has 0 aliphatic carbocycles. The molecule has 6 heteroatoms. The summed E-state index contributed by atoms with van der Waals surface area (Å²) in [6.07, 6.45) is 1.37. The van der Waals surface area contributed by atoms with E-state index >= 15 is 0 Å². The van der Waals surface area contributed by atoms with Gasteiger partial charge in [-0.25, -0.2) is 0 Å². The van der Waals surface area contributed by atoms with Crippen molar-refractivity contribution >= 4 is 17.6 Å². The summed E-state index contributed by atoms with van der Waals surface area (Å²) in [5.74, 6) is -1.08. The maximum absolute atomic E-state index is 11.8. The Bertz CT molecular complexity index is 553. The quantitative estimate of drug-likeness (QED) is 0.778. The van der Waals surface area contributed by atoms with E-state index in [0.717, 1.165) is 37.2 Å². The van der Waals surface area contributed by atoms with Crippen molar-refractivity contribution in [2.24, 2.45) is 11.7 Å². The summed E-state index contributed by atoms with van der Waals surface area (Å²) in [6.45, 7) is 3.69. The Hall–Kier alpha value is -2.08. The van der Waals surface area contributed by atoms with Gasteiger partial charge in [-0.1, -0.05) is 18.2 Å². The maximum Gasteiger partial charge on any atom is 0.309 e. The second-order valence-corrected chi connectivity index (χ2v) is 5.78. The van der Waals surface area contributed by atoms with Gasteiger partial charge < -0.3 is 20.5 Å². The summed E-state index contributed by atoms with van der Waals surface area (Å²) in [5, 5.41) is 8.95. The van der Waals surface area contributed by atoms with Crippen molar-refractivity contribution in [2.75, 3.05) is 24.6 Å². The molecule has 1 fully saturated rings. The van der Waals surface area contributed by atoms with Crippen LogP contribution in [-0.2, 0) is 14.3 Å². The topological polar surface area (TPSA) is 92.9 Å². The average Bonchev–Trinajstić information content (AvgIpc) is 2.54. The number of carbonyl (C=O) groups excluding carboxylic acids is 1. The fourth-order valence-electron chi connectivity index (χ4n) is 3.00. The number of carboxylic acids is 1. The Labute approximate surface area is 136 Å². The zero-order valence-electron chi connectivity index (χ0n) is 13.4. The summed E-state index contributed by atoms with van der Waals surface area (Å²) < 4.78 is 5.09. The van der Waals surface area contributed by atoms with E-state index in [-0.39, 0.29) is 18.3 Å². The number of benzene rings is 1. The molecule has 1 unspecified atom stereocenters. The number of nitrogens with two attached hydrogens (primary N) is 1. The molecule has 0 saturated carbocycles. The number of anilines is 1. The van der Waals surface area contributed by atoms with E-state index in [0.29, 0.717) is 6.61 Å². The predicted octanol–water partition coefficient (Wildman–Crippen LogP) is 1.94. The van der Waals surface area contributed by atoms with Crippen molar-refractivity contribution in [2.45, 2.75) is 32.2 Å². The first-order valence-corrected chi connectivity index (χ1v) is 8.00. The Morgan fingerprint density at radius 1 is 1.35 bits per heavy atom. The summed E-state index contributed by atoms with van der Waals surface area (Å²) in [7, 11) is 0. The monoisotopic (exact) mass is 320 g/mol. The van der Waals surface area contributed by atoms with Crippen molar-refractivity contribution in [1.29, 1.82) is 0 Å². The number of piperidine rings is 1. The molecule has 1 aliphatic rings. The van der Waals surface area contributed by atoms with E-state index in [9.17, 15) is 9.59 Å². The number of para-hydroxylation sites is 1. The number of ether oxygens (including phenoxy) is 1. The lowest BCUT2D eigenvalue weighted by Crippen LogP contribution is -2.37. The van der Waals surface area contributed by atoms with Gasteiger partial charge in [0.1, 0.15) is 0 Å². The predicted molar refractivity (Wildman–Crippen MR) is 87.2 cm³/mol. The largest absolute Gasteiger partial charge is 0.481 e. The molecule has 1 aromatic rings. The van der Waals surface area contributed by atoms with Crippen LogP contribution in [-0.4, -0.2) is 36.7 Å². The van der Waals surface area contributed by atoms with Crippen molar-refractivity contribution in [3.63, 3.8) is 0 Å². The third kappa shape index (κ3) is 4.45. The number of carbonyl (C=O) groups is 2. The zero-order valence-corrected chi connectivity index (χ0v) is 13.4. The summed E-state index contributed by atoms with van der Waals surface area (Å²) >= 11 is 0. The number of nitrogens with zero attached hydrogens (tertiary/aromatic N) is 1. The summed E-state index contributed by atoms with van der Waals surface area (Å²) in [5.41, 5.74) is 7.84. The zero-order chi connectivity index (χ0) is 16.8. The minimum atomic E-state index is -0.909. The molecular formula is C17H24N2O4. The van der Waals surface area contributed by atoms with Crippen LogP contribution in [0.4, 0.5) is 5.69 Å². The minimum Gasteiger partial charge on any atom is -0.481 e. The SMILES string of the molecule is CCOC(=O)C1CCN(c2ccccc2C(N)CC(=O)O)CC1. The Morgan fingerprint density at radius 3 is 2.61 bits per heavy atom. The minimum absolute atomic E-state index is 0.0499. The molecule has 1 saturated heterocycles. The second-order valence-electron chi connectivity index (χ2n) is 5.78. The van der Waals surface area contributed by atoms with E-state index in [1.165, 1.54) is 0 Å². The number of carboxylic acid groups (broad SMARTS) is 1. The lowest BCUT2D eigenvalue weighted by Gasteiger charge is -2.34. The molecule has 2 rings (SSSR count). The van der Waals surface area contributed by atoms with Gasteiger partial charge in [0.25, 0.3) is 0 Å². The lowest BCUT2D eigenvalue weighted by atomic mass is 9.94. The summed E-state index contributed by atoms with van der Waals surface area (Å²) in [4.78, 5) is 24.9. The maximum atomic E-state index is 11.8. The summed E-state index contributed by atoms with van der Waals surface area (Å²) in [6, 6.07) is 7.09. The molecule has 3 N–H and O–H groups in total. The van der Waals surface area contributed by atoms with Gasteiger partial charge in [0, 0.05) is 24.8 Å². The van der Waals surface area contributed by atoms with Gasteiger partial charge >= 0.3 is 11.9 Å². The van der Waals surface area contributed by atoms with Gasteiger partial charge in [0.05, 0.1) is 18.9 Å². The van der Waals surface area contributed by atoms with E-state index < -0.39 is 12.0 Å². The molecule has 1 aliphatic heterocycles. The highest BCUT2D eigenvalue weighted by atomic mass is 16.5. The highest BCUT2D eigenvalue weighted by Crippen LogP contribution is 2.30. The van der Waals surface area contributed by atoms with Gasteiger partial charge in [-0.3, -0.25) is 9.59 Å². The normalized spacial score (nSPS) is 16.9. The van der Waals surface area contributed by atoms with E-state index in [4.69, 9.17) is 15.6 Å². The van der Waals surface area contributed by atoms with E-state index in [1.807, 2.05) is 31.2 Å². The molecular weight excluding hydrogens is 296 g/mol. The smallest absolute Gasteiger partial charge is 0.309 e. The molecule has 23 heavy (non-hydrogen) atoms. The van der Waals surface area contributed by atoms with Gasteiger partial charge in [-0.15, -0.1) is 0 Å². The molecule has 0 aromatic heterocycles. The fraction of sp³-hybridized carbons (Fsp3) is 0.529. The van der Waals surface area contributed by atoms with Crippen molar-refractivity contribution in [3.8, 4) is 0 Å². The fourth-order valence-corrected chi connectivity index (χ4v) is 3.00. The first kappa shape index (κ1) is 17.3. The van der Waals surface area contributed by atoms with Gasteiger partial charge in [-0.2, -0.15) is 0 Å². The molecule has 0 amide bonds. The molecule has 0 spiro atoms. The molecule has 126 valence electrons. The Kier molecular flexibility index (Phi) is 5.98. The van der Waals surface area contributed by atoms with Crippen LogP contribution in [0.15, 0.2) is 24.3 Å². The van der Waals surface area contributed by atoms with Crippen LogP contribution in [0.5, 0.6) is 0 Å². The first-order chi connectivity index (χ1) is 11.0. The Balaban J connectivity index is 2.06. The highest BCUT2D eigenvalue weighted by Gasteiger charge is 2.27. The number of aliphatic carboxylic acids is 1. The Morgan fingerprint density at radius 2 is 2.00 bits per heavy atom. The lowest BCUT2D eigenvalue weighted by molar-refractivity contribution is -0.148. The number of hydrogen-bond donors (Lipinski definition) is 2. The van der Waals surface area contributed by atoms with Crippen LogP contribution in [0.3, 0.4) is 0 Å². The first-order valence-electron chi connectivity index (χ1n) is 8.00. The van der Waals surface area contributed by atoms with Crippen LogP contribution in [0.25, 0.3) is 0 Å². The molecule has 1 aromatic carbocycles. The molecule has 6 nitrogen and oxygen atoms in total. The number of rotatable bonds is 6. The average molecular weight is 320 g/mol. The van der Waals surface area contributed by atoms with Crippen LogP contribution in [0, 0.1) is 5.92 Å². The van der Waals surface area contributed by atoms with Crippen LogP contribution >= 0.6 is 0 Å². The third-order valence-electron chi connectivity index (χ3n) is 4.19. The van der Waals surface area contributed by atoms with Crippen molar-refractivity contribution in [3.05, 3.63) is 29.8 Å². The molecule has 0 bridgehead atoms. The van der Waals surface area contributed by atoms with Crippen molar-refractivity contribution in [1.82, 2.24) is 0 Å². The van der Waals surface area contributed by atoms with Crippen LogP contribution < -0.4 is 10.6 Å². The number of esters is 1. The number of hydrogen-bond acceptors (Lipinski definition) is 5.